The van der Waals surface area contributed by atoms with E-state index in [1.54, 1.807) is 14.2 Å². The van der Waals surface area contributed by atoms with Gasteiger partial charge in [-0.25, -0.2) is 0 Å². The molecule has 2 fully saturated rings. The highest BCUT2D eigenvalue weighted by atomic mass is 35.5. The molecular weight excluding hydrogens is 278 g/mol. The number of ether oxygens (including phenoxy) is 2. The summed E-state index contributed by atoms with van der Waals surface area (Å²) in [6.07, 6.45) is 0.840. The van der Waals surface area contributed by atoms with Crippen LogP contribution in [0, 0.1) is 11.8 Å². The topological polar surface area (TPSA) is 41.9 Å². The van der Waals surface area contributed by atoms with E-state index in [4.69, 9.17) is 21.1 Å². The molecule has 1 N–H and O–H groups in total. The van der Waals surface area contributed by atoms with Crippen molar-refractivity contribution >= 4 is 11.6 Å². The van der Waals surface area contributed by atoms with E-state index in [0.29, 0.717) is 28.4 Å². The maximum Gasteiger partial charge on any atom is 0.179 e. The number of rotatable bonds is 4. The third-order valence-corrected chi connectivity index (χ3v) is 4.98. The second-order valence-corrected chi connectivity index (χ2v) is 6.07. The monoisotopic (exact) mass is 297 g/mol. The summed E-state index contributed by atoms with van der Waals surface area (Å²) in [6, 6.07) is 3.87. The van der Waals surface area contributed by atoms with Gasteiger partial charge in [0.25, 0.3) is 0 Å². The Kier molecular flexibility index (Phi) is 3.80. The maximum absolute atomic E-state index is 9.72. The van der Waals surface area contributed by atoms with Crippen molar-refractivity contribution in [3.63, 3.8) is 0 Å². The van der Waals surface area contributed by atoms with Crippen molar-refractivity contribution in [3.05, 3.63) is 22.7 Å². The molecule has 1 aliphatic heterocycles. The van der Waals surface area contributed by atoms with Gasteiger partial charge in [-0.05, 0) is 24.0 Å². The zero-order valence-electron chi connectivity index (χ0n) is 11.8. The molecule has 1 saturated carbocycles. The van der Waals surface area contributed by atoms with Crippen molar-refractivity contribution in [1.82, 2.24) is 4.90 Å². The molecule has 0 amide bonds. The normalized spacial score (nSPS) is 28.9. The average Bonchev–Trinajstić information content (AvgIpc) is 2.77. The Morgan fingerprint density at radius 2 is 2.10 bits per heavy atom. The van der Waals surface area contributed by atoms with E-state index in [1.807, 2.05) is 12.1 Å². The third-order valence-electron chi connectivity index (χ3n) is 4.56. The summed E-state index contributed by atoms with van der Waals surface area (Å²) in [5, 5.41) is 10.3. The summed E-state index contributed by atoms with van der Waals surface area (Å²) in [7, 11) is 3.20. The number of nitrogens with zero attached hydrogens (tertiary/aromatic N) is 1. The van der Waals surface area contributed by atoms with Crippen molar-refractivity contribution in [2.45, 2.75) is 19.1 Å². The lowest BCUT2D eigenvalue weighted by atomic mass is 9.74. The van der Waals surface area contributed by atoms with Crippen LogP contribution >= 0.6 is 11.6 Å². The number of hydrogen-bond donors (Lipinski definition) is 1. The van der Waals surface area contributed by atoms with Crippen molar-refractivity contribution in [3.8, 4) is 11.5 Å². The molecular formula is C15H20ClNO3. The number of hydrogen-bond acceptors (Lipinski definition) is 4. The Balaban J connectivity index is 1.75. The van der Waals surface area contributed by atoms with Crippen LogP contribution in [0.25, 0.3) is 0 Å². The Morgan fingerprint density at radius 1 is 1.30 bits per heavy atom. The van der Waals surface area contributed by atoms with E-state index in [2.05, 4.69) is 4.90 Å². The van der Waals surface area contributed by atoms with E-state index in [-0.39, 0.29) is 6.10 Å². The van der Waals surface area contributed by atoms with E-state index in [9.17, 15) is 5.11 Å². The van der Waals surface area contributed by atoms with Gasteiger partial charge in [-0.3, -0.25) is 4.90 Å². The summed E-state index contributed by atoms with van der Waals surface area (Å²) in [6.45, 7) is 2.79. The van der Waals surface area contributed by atoms with Gasteiger partial charge in [-0.1, -0.05) is 17.7 Å². The van der Waals surface area contributed by atoms with Crippen LogP contribution in [-0.4, -0.2) is 43.4 Å². The molecule has 1 heterocycles. The number of aliphatic hydroxyl groups is 1. The van der Waals surface area contributed by atoms with Crippen LogP contribution in [0.1, 0.15) is 12.0 Å². The highest BCUT2D eigenvalue weighted by Gasteiger charge is 2.46. The van der Waals surface area contributed by atoms with Crippen LogP contribution in [0.4, 0.5) is 0 Å². The van der Waals surface area contributed by atoms with Gasteiger partial charge in [0.1, 0.15) is 0 Å². The fraction of sp³-hybridized carbons (Fsp3) is 0.600. The highest BCUT2D eigenvalue weighted by Crippen LogP contribution is 2.42. The van der Waals surface area contributed by atoms with Crippen molar-refractivity contribution in [2.24, 2.45) is 11.8 Å². The lowest BCUT2D eigenvalue weighted by Crippen LogP contribution is -2.39. The molecule has 0 aromatic heterocycles. The minimum atomic E-state index is -0.106. The van der Waals surface area contributed by atoms with Crippen LogP contribution in [0.3, 0.4) is 0 Å². The molecule has 0 unspecified atom stereocenters. The van der Waals surface area contributed by atoms with Crippen molar-refractivity contribution in [1.29, 1.82) is 0 Å². The van der Waals surface area contributed by atoms with Crippen LogP contribution in [0.2, 0.25) is 5.02 Å². The maximum atomic E-state index is 9.72. The highest BCUT2D eigenvalue weighted by molar-refractivity contribution is 6.33. The molecule has 2 aliphatic rings. The Morgan fingerprint density at radius 3 is 2.70 bits per heavy atom. The zero-order valence-corrected chi connectivity index (χ0v) is 12.6. The van der Waals surface area contributed by atoms with Gasteiger partial charge >= 0.3 is 0 Å². The SMILES string of the molecule is COc1ccc(CN2C[C@H]3C[C@@H](O)[C@H]3C2)c(Cl)c1OC. The first-order chi connectivity index (χ1) is 9.63. The van der Waals surface area contributed by atoms with Gasteiger partial charge in [-0.15, -0.1) is 0 Å². The first kappa shape index (κ1) is 14.0. The first-order valence-corrected chi connectivity index (χ1v) is 7.31. The predicted octanol–water partition coefficient (Wildman–Crippen LogP) is 2.17. The summed E-state index contributed by atoms with van der Waals surface area (Å²) in [5.41, 5.74) is 1.04. The number of fused-ring (bicyclic) bond motifs is 1. The molecule has 5 heteroatoms. The third kappa shape index (κ3) is 2.26. The molecule has 1 saturated heterocycles. The van der Waals surface area contributed by atoms with Gasteiger partial charge in [0.05, 0.1) is 25.3 Å². The molecule has 0 radical (unpaired) electrons. The second-order valence-electron chi connectivity index (χ2n) is 5.70. The standard InChI is InChI=1S/C15H20ClNO3/c1-19-13-4-3-9(14(16)15(13)20-2)6-17-7-10-5-12(18)11(10)8-17/h3-4,10-12,18H,5-8H2,1-2H3/t10-,11+,12-/m1/s1. The fourth-order valence-corrected chi connectivity index (χ4v) is 3.68. The number of aliphatic hydroxyl groups excluding tert-OH is 1. The van der Waals surface area contributed by atoms with E-state index in [0.717, 1.165) is 31.6 Å². The van der Waals surface area contributed by atoms with E-state index < -0.39 is 0 Å². The molecule has 0 spiro atoms. The predicted molar refractivity (Wildman–Crippen MR) is 77.4 cm³/mol. The zero-order chi connectivity index (χ0) is 14.3. The van der Waals surface area contributed by atoms with Crippen LogP contribution in [-0.2, 0) is 6.54 Å². The molecule has 0 bridgehead atoms. The molecule has 4 nitrogen and oxygen atoms in total. The van der Waals surface area contributed by atoms with Crippen LogP contribution in [0.15, 0.2) is 12.1 Å². The smallest absolute Gasteiger partial charge is 0.179 e. The fourth-order valence-electron chi connectivity index (χ4n) is 3.39. The van der Waals surface area contributed by atoms with Crippen molar-refractivity contribution in [2.75, 3.05) is 27.3 Å². The molecule has 1 aromatic carbocycles. The lowest BCUT2D eigenvalue weighted by molar-refractivity contribution is -0.00435. The number of methoxy groups -OCH3 is 2. The number of likely N-dealkylation sites (tertiary alicyclic amines) is 1. The van der Waals surface area contributed by atoms with E-state index >= 15 is 0 Å². The van der Waals surface area contributed by atoms with Gasteiger partial charge in [0.2, 0.25) is 0 Å². The molecule has 20 heavy (non-hydrogen) atoms. The molecule has 3 rings (SSSR count). The van der Waals surface area contributed by atoms with Crippen LogP contribution in [0.5, 0.6) is 11.5 Å². The van der Waals surface area contributed by atoms with Gasteiger partial charge in [-0.2, -0.15) is 0 Å². The van der Waals surface area contributed by atoms with Gasteiger partial charge in [0, 0.05) is 25.6 Å². The molecule has 110 valence electrons. The Hall–Kier alpha value is -0.970. The first-order valence-electron chi connectivity index (χ1n) is 6.93. The largest absolute Gasteiger partial charge is 0.493 e. The minimum Gasteiger partial charge on any atom is -0.493 e. The number of halogens is 1. The van der Waals surface area contributed by atoms with Crippen LogP contribution < -0.4 is 9.47 Å². The van der Waals surface area contributed by atoms with Crippen molar-refractivity contribution < 1.29 is 14.6 Å². The van der Waals surface area contributed by atoms with Gasteiger partial charge < -0.3 is 14.6 Å². The summed E-state index contributed by atoms with van der Waals surface area (Å²) >= 11 is 6.41. The minimum absolute atomic E-state index is 0.106. The summed E-state index contributed by atoms with van der Waals surface area (Å²) in [4.78, 5) is 2.36. The van der Waals surface area contributed by atoms with E-state index in [1.165, 1.54) is 0 Å². The quantitative estimate of drug-likeness (QED) is 0.925. The Bertz CT molecular complexity index is 508. The summed E-state index contributed by atoms with van der Waals surface area (Å²) in [5.74, 6) is 2.35. The molecule has 1 aliphatic carbocycles. The molecule has 1 aromatic rings. The second kappa shape index (κ2) is 5.43. The average molecular weight is 298 g/mol. The molecule has 3 atom stereocenters. The Labute approximate surface area is 124 Å². The number of benzene rings is 1. The summed E-state index contributed by atoms with van der Waals surface area (Å²) < 4.78 is 10.6. The lowest BCUT2D eigenvalue weighted by Gasteiger charge is -2.35. The van der Waals surface area contributed by atoms with Gasteiger partial charge in [0.15, 0.2) is 11.5 Å².